The van der Waals surface area contributed by atoms with Crippen LogP contribution in [0.15, 0.2) is 18.5 Å². The topological polar surface area (TPSA) is 62.5 Å². The van der Waals surface area contributed by atoms with Gasteiger partial charge in [-0.25, -0.2) is 4.79 Å². The van der Waals surface area contributed by atoms with E-state index in [0.29, 0.717) is 0 Å². The molecule has 0 aliphatic rings. The molecule has 0 saturated carbocycles. The molecule has 9 heavy (non-hydrogen) atoms. The van der Waals surface area contributed by atoms with Gasteiger partial charge < -0.3 is 10.2 Å². The molecule has 0 aromatic carbocycles. The smallest absolute Gasteiger partial charge is 0.415 e. The molecule has 0 unspecified atom stereocenters. The van der Waals surface area contributed by atoms with Crippen molar-refractivity contribution in [3.63, 3.8) is 0 Å². The molecular weight excluding hydrogens is 122 g/mol. The van der Waals surface area contributed by atoms with Crippen LogP contribution in [-0.4, -0.2) is 20.9 Å². The van der Waals surface area contributed by atoms with Crippen LogP contribution in [0.25, 0.3) is 0 Å². The largest absolute Gasteiger partial charge is 0.506 e. The Hall–Kier alpha value is -1.45. The minimum atomic E-state index is -1.10. The second-order valence-corrected chi connectivity index (χ2v) is 1.56. The highest BCUT2D eigenvalue weighted by molar-refractivity contribution is 5.68. The number of aromatic hydroxyl groups is 1. The van der Waals surface area contributed by atoms with Crippen LogP contribution in [0.1, 0.15) is 0 Å². The van der Waals surface area contributed by atoms with E-state index in [4.69, 9.17) is 10.2 Å². The molecule has 0 radical (unpaired) electrons. The predicted molar refractivity (Wildman–Crippen MR) is 29.5 cm³/mol. The van der Waals surface area contributed by atoms with Crippen molar-refractivity contribution in [3.8, 4) is 5.75 Å². The molecular formula is C5H5NO3. The van der Waals surface area contributed by atoms with Gasteiger partial charge in [0.2, 0.25) is 0 Å². The van der Waals surface area contributed by atoms with Crippen LogP contribution >= 0.6 is 0 Å². The summed E-state index contributed by atoms with van der Waals surface area (Å²) in [7, 11) is 0. The van der Waals surface area contributed by atoms with Gasteiger partial charge in [0.1, 0.15) is 5.75 Å². The van der Waals surface area contributed by atoms with Crippen molar-refractivity contribution in [1.82, 2.24) is 4.57 Å². The van der Waals surface area contributed by atoms with E-state index in [1.165, 1.54) is 12.3 Å². The summed E-state index contributed by atoms with van der Waals surface area (Å²) in [6, 6.07) is 1.30. The standard InChI is InChI=1S/C5H5NO3/c7-4-1-2-6(3-4)5(8)9/h1-3,7H,(H,8,9). The minimum Gasteiger partial charge on any atom is -0.506 e. The minimum absolute atomic E-state index is 0.0441. The normalized spacial score (nSPS) is 9.33. The molecule has 1 aromatic rings. The lowest BCUT2D eigenvalue weighted by Gasteiger charge is -1.87. The highest BCUT2D eigenvalue weighted by Gasteiger charge is 1.98. The third-order valence-electron chi connectivity index (χ3n) is 0.898. The molecule has 0 atom stereocenters. The van der Waals surface area contributed by atoms with E-state index < -0.39 is 6.09 Å². The SMILES string of the molecule is O=C(O)n1ccc(O)c1. The first-order chi connectivity index (χ1) is 4.20. The van der Waals surface area contributed by atoms with E-state index in [2.05, 4.69) is 0 Å². The average Bonchev–Trinajstić information content (AvgIpc) is 2.14. The molecule has 0 spiro atoms. The van der Waals surface area contributed by atoms with E-state index in [0.717, 1.165) is 10.8 Å². The fourth-order valence-corrected chi connectivity index (χ4v) is 0.504. The molecule has 4 heteroatoms. The molecule has 4 nitrogen and oxygen atoms in total. The van der Waals surface area contributed by atoms with Gasteiger partial charge in [-0.3, -0.25) is 4.57 Å². The van der Waals surface area contributed by atoms with Crippen LogP contribution in [0.3, 0.4) is 0 Å². The van der Waals surface area contributed by atoms with Crippen LogP contribution < -0.4 is 0 Å². The lowest BCUT2D eigenvalue weighted by atomic mass is 10.6. The Kier molecular flexibility index (Phi) is 1.14. The molecule has 0 aliphatic carbocycles. The molecule has 1 aromatic heterocycles. The molecule has 0 saturated heterocycles. The number of aromatic nitrogens is 1. The van der Waals surface area contributed by atoms with Crippen molar-refractivity contribution in [3.05, 3.63) is 18.5 Å². The lowest BCUT2D eigenvalue weighted by Crippen LogP contribution is -2.03. The number of hydrogen-bond acceptors (Lipinski definition) is 2. The Labute approximate surface area is 51.0 Å². The molecule has 1 heterocycles. The van der Waals surface area contributed by atoms with E-state index in [9.17, 15) is 4.79 Å². The summed E-state index contributed by atoms with van der Waals surface area (Å²) in [5, 5.41) is 16.9. The number of nitrogens with zero attached hydrogens (tertiary/aromatic N) is 1. The Morgan fingerprint density at radius 1 is 1.67 bits per heavy atom. The van der Waals surface area contributed by atoms with Gasteiger partial charge in [0.15, 0.2) is 0 Å². The van der Waals surface area contributed by atoms with Gasteiger partial charge in [0.05, 0.1) is 6.20 Å². The van der Waals surface area contributed by atoms with Crippen molar-refractivity contribution in [1.29, 1.82) is 0 Å². The van der Waals surface area contributed by atoms with Crippen molar-refractivity contribution < 1.29 is 15.0 Å². The van der Waals surface area contributed by atoms with Gasteiger partial charge in [-0.15, -0.1) is 0 Å². The molecule has 0 amide bonds. The van der Waals surface area contributed by atoms with Crippen molar-refractivity contribution in [2.45, 2.75) is 0 Å². The average molecular weight is 127 g/mol. The molecule has 2 N–H and O–H groups in total. The summed E-state index contributed by atoms with van der Waals surface area (Å²) in [5.41, 5.74) is 0. The van der Waals surface area contributed by atoms with Gasteiger partial charge in [0.25, 0.3) is 0 Å². The van der Waals surface area contributed by atoms with E-state index in [1.54, 1.807) is 0 Å². The summed E-state index contributed by atoms with van der Waals surface area (Å²) in [5.74, 6) is -0.0441. The number of carboxylic acid groups (broad SMARTS) is 1. The molecule has 0 fully saturated rings. The Bertz CT molecular complexity index is 228. The van der Waals surface area contributed by atoms with Crippen molar-refractivity contribution in [2.24, 2.45) is 0 Å². The second kappa shape index (κ2) is 1.81. The Balaban J connectivity index is 2.98. The monoisotopic (exact) mass is 127 g/mol. The van der Waals surface area contributed by atoms with Crippen LogP contribution in [0, 0.1) is 0 Å². The zero-order valence-corrected chi connectivity index (χ0v) is 4.48. The fraction of sp³-hybridized carbons (Fsp3) is 0. The number of carbonyl (C=O) groups is 1. The molecule has 0 bridgehead atoms. The van der Waals surface area contributed by atoms with Gasteiger partial charge in [-0.05, 0) is 6.07 Å². The maximum absolute atomic E-state index is 10.1. The van der Waals surface area contributed by atoms with Crippen LogP contribution in [0.2, 0.25) is 0 Å². The highest BCUT2D eigenvalue weighted by Crippen LogP contribution is 2.06. The van der Waals surface area contributed by atoms with Crippen LogP contribution in [0.5, 0.6) is 5.75 Å². The number of rotatable bonds is 0. The summed E-state index contributed by atoms with van der Waals surface area (Å²) < 4.78 is 0.870. The second-order valence-electron chi connectivity index (χ2n) is 1.56. The zero-order chi connectivity index (χ0) is 6.85. The maximum atomic E-state index is 10.1. The molecule has 48 valence electrons. The van der Waals surface area contributed by atoms with E-state index >= 15 is 0 Å². The first-order valence-electron chi connectivity index (χ1n) is 2.30. The fourth-order valence-electron chi connectivity index (χ4n) is 0.504. The molecule has 1 rings (SSSR count). The summed E-state index contributed by atoms with van der Waals surface area (Å²) in [6.45, 7) is 0. The van der Waals surface area contributed by atoms with E-state index in [1.807, 2.05) is 0 Å². The zero-order valence-electron chi connectivity index (χ0n) is 4.48. The summed E-state index contributed by atoms with van der Waals surface area (Å²) in [4.78, 5) is 10.1. The van der Waals surface area contributed by atoms with Crippen LogP contribution in [-0.2, 0) is 0 Å². The van der Waals surface area contributed by atoms with Gasteiger partial charge in [-0.1, -0.05) is 0 Å². The Morgan fingerprint density at radius 3 is 2.56 bits per heavy atom. The third-order valence-corrected chi connectivity index (χ3v) is 0.898. The highest BCUT2D eigenvalue weighted by atomic mass is 16.4. The summed E-state index contributed by atoms with van der Waals surface area (Å²) >= 11 is 0. The third kappa shape index (κ3) is 1.02. The lowest BCUT2D eigenvalue weighted by molar-refractivity contribution is 0.196. The van der Waals surface area contributed by atoms with Gasteiger partial charge in [-0.2, -0.15) is 0 Å². The molecule has 0 aliphatic heterocycles. The van der Waals surface area contributed by atoms with Crippen molar-refractivity contribution >= 4 is 6.09 Å². The quantitative estimate of drug-likeness (QED) is 0.539. The predicted octanol–water partition coefficient (Wildman–Crippen LogP) is 0.720. The van der Waals surface area contributed by atoms with Crippen molar-refractivity contribution in [2.75, 3.05) is 0 Å². The first kappa shape index (κ1) is 5.68. The van der Waals surface area contributed by atoms with Crippen LogP contribution in [0.4, 0.5) is 4.79 Å². The Morgan fingerprint density at radius 2 is 2.33 bits per heavy atom. The van der Waals surface area contributed by atoms with Gasteiger partial charge >= 0.3 is 6.09 Å². The maximum Gasteiger partial charge on any atom is 0.415 e. The number of hydrogen-bond donors (Lipinski definition) is 2. The van der Waals surface area contributed by atoms with E-state index in [-0.39, 0.29) is 5.75 Å². The van der Waals surface area contributed by atoms with Gasteiger partial charge in [0, 0.05) is 6.20 Å². The first-order valence-corrected chi connectivity index (χ1v) is 2.30. The summed E-state index contributed by atoms with van der Waals surface area (Å²) in [6.07, 6.45) is 1.27.